The minimum absolute atomic E-state index is 0.965. The molecule has 0 atom stereocenters. The van der Waals surface area contributed by atoms with Crippen LogP contribution in [-0.4, -0.2) is 9.97 Å². The number of allylic oxidation sites excluding steroid dienone is 4. The molecule has 0 unspecified atom stereocenters. The van der Waals surface area contributed by atoms with E-state index in [1.165, 1.54) is 22.4 Å². The summed E-state index contributed by atoms with van der Waals surface area (Å²) < 4.78 is 0. The van der Waals surface area contributed by atoms with Gasteiger partial charge in [-0.15, -0.1) is 0 Å². The second kappa shape index (κ2) is 4.42. The Morgan fingerprint density at radius 3 is 2.82 bits per heavy atom. The van der Waals surface area contributed by atoms with Crippen molar-refractivity contribution in [2.45, 2.75) is 12.8 Å². The van der Waals surface area contributed by atoms with E-state index in [1.807, 2.05) is 12.3 Å². The highest BCUT2D eigenvalue weighted by Crippen LogP contribution is 2.27. The van der Waals surface area contributed by atoms with Gasteiger partial charge in [0, 0.05) is 18.3 Å². The van der Waals surface area contributed by atoms with E-state index < -0.39 is 0 Å². The zero-order valence-corrected chi connectivity index (χ0v) is 9.56. The molecule has 1 aliphatic rings. The molecule has 1 N–H and O–H groups in total. The van der Waals surface area contributed by atoms with E-state index in [-0.39, 0.29) is 0 Å². The first kappa shape index (κ1) is 10.1. The summed E-state index contributed by atoms with van der Waals surface area (Å²) in [7, 11) is 0. The van der Waals surface area contributed by atoms with Gasteiger partial charge >= 0.3 is 0 Å². The molecule has 0 amide bonds. The number of nitrogens with zero attached hydrogens (tertiary/aromatic N) is 1. The van der Waals surface area contributed by atoms with Gasteiger partial charge in [-0.1, -0.05) is 48.1 Å². The van der Waals surface area contributed by atoms with Crippen LogP contribution in [0, 0.1) is 0 Å². The van der Waals surface area contributed by atoms with Crippen LogP contribution in [0.2, 0.25) is 0 Å². The summed E-state index contributed by atoms with van der Waals surface area (Å²) in [6.07, 6.45) is 10.2. The normalized spacial score (nSPS) is 14.6. The molecular weight excluding hydrogens is 208 g/mol. The number of aromatic nitrogens is 2. The van der Waals surface area contributed by atoms with Crippen molar-refractivity contribution in [3.8, 4) is 0 Å². The fourth-order valence-corrected chi connectivity index (χ4v) is 2.16. The van der Waals surface area contributed by atoms with Crippen molar-refractivity contribution in [3.05, 3.63) is 71.8 Å². The van der Waals surface area contributed by atoms with Crippen LogP contribution < -0.4 is 0 Å². The van der Waals surface area contributed by atoms with Crippen LogP contribution in [0.5, 0.6) is 0 Å². The van der Waals surface area contributed by atoms with E-state index in [0.717, 1.165) is 12.8 Å². The van der Waals surface area contributed by atoms with E-state index in [2.05, 4.69) is 46.4 Å². The van der Waals surface area contributed by atoms with Crippen LogP contribution in [0.25, 0.3) is 5.57 Å². The average molecular weight is 222 g/mol. The first-order valence-corrected chi connectivity index (χ1v) is 5.84. The number of H-pyrrole nitrogens is 1. The van der Waals surface area contributed by atoms with Gasteiger partial charge in [-0.3, -0.25) is 0 Å². The largest absolute Gasteiger partial charge is 0.348 e. The second-order valence-electron chi connectivity index (χ2n) is 4.29. The fourth-order valence-electron chi connectivity index (χ4n) is 2.16. The smallest absolute Gasteiger partial charge is 0.0921 e. The lowest BCUT2D eigenvalue weighted by atomic mass is 10.1. The van der Waals surface area contributed by atoms with Gasteiger partial charge in [0.2, 0.25) is 0 Å². The minimum atomic E-state index is 0.965. The number of imidazole rings is 1. The Kier molecular flexibility index (Phi) is 2.62. The van der Waals surface area contributed by atoms with Gasteiger partial charge in [-0.2, -0.15) is 0 Å². The Balaban J connectivity index is 1.76. The molecule has 1 aromatic carbocycles. The second-order valence-corrected chi connectivity index (χ2v) is 4.29. The molecule has 1 aromatic heterocycles. The van der Waals surface area contributed by atoms with Crippen molar-refractivity contribution < 1.29 is 0 Å². The van der Waals surface area contributed by atoms with Gasteiger partial charge in [-0.25, -0.2) is 4.98 Å². The fraction of sp³-hybridized carbons (Fsp3) is 0.133. The van der Waals surface area contributed by atoms with E-state index in [4.69, 9.17) is 0 Å². The molecule has 0 aliphatic heterocycles. The maximum absolute atomic E-state index is 4.04. The van der Waals surface area contributed by atoms with Crippen molar-refractivity contribution in [2.24, 2.45) is 0 Å². The number of aromatic amines is 1. The minimum Gasteiger partial charge on any atom is -0.348 e. The Morgan fingerprint density at radius 1 is 1.18 bits per heavy atom. The summed E-state index contributed by atoms with van der Waals surface area (Å²) in [6.45, 7) is 0. The molecule has 2 aromatic rings. The first-order chi connectivity index (χ1) is 8.42. The predicted molar refractivity (Wildman–Crippen MR) is 69.4 cm³/mol. The molecule has 0 bridgehead atoms. The lowest BCUT2D eigenvalue weighted by molar-refractivity contribution is 1.04. The first-order valence-electron chi connectivity index (χ1n) is 5.84. The molecule has 3 rings (SSSR count). The average Bonchev–Trinajstić information content (AvgIpc) is 3.02. The molecule has 0 radical (unpaired) electrons. The third kappa shape index (κ3) is 2.21. The van der Waals surface area contributed by atoms with Crippen molar-refractivity contribution in [1.82, 2.24) is 9.97 Å². The molecule has 0 spiro atoms. The Hall–Kier alpha value is -2.09. The standard InChI is InChI=1S/C15H14N2/c1-2-4-13(5-3-1)14-7-6-12(8-14)9-15-10-16-11-17-15/h1-5,7-8,10-11H,6,9H2,(H,16,17). The van der Waals surface area contributed by atoms with Gasteiger partial charge in [0.1, 0.15) is 0 Å². The van der Waals surface area contributed by atoms with Crippen LogP contribution in [0.1, 0.15) is 17.7 Å². The lowest BCUT2D eigenvalue weighted by Crippen LogP contribution is -1.87. The highest BCUT2D eigenvalue weighted by Gasteiger charge is 2.09. The third-order valence-corrected chi connectivity index (χ3v) is 3.02. The summed E-state index contributed by atoms with van der Waals surface area (Å²) >= 11 is 0. The van der Waals surface area contributed by atoms with Crippen molar-refractivity contribution in [3.63, 3.8) is 0 Å². The van der Waals surface area contributed by atoms with E-state index >= 15 is 0 Å². The van der Waals surface area contributed by atoms with Gasteiger partial charge in [0.15, 0.2) is 0 Å². The monoisotopic (exact) mass is 222 g/mol. The van der Waals surface area contributed by atoms with Crippen LogP contribution >= 0.6 is 0 Å². The third-order valence-electron chi connectivity index (χ3n) is 3.02. The predicted octanol–water partition coefficient (Wildman–Crippen LogP) is 3.37. The zero-order valence-electron chi connectivity index (χ0n) is 9.56. The van der Waals surface area contributed by atoms with E-state index in [9.17, 15) is 0 Å². The lowest BCUT2D eigenvalue weighted by Gasteiger charge is -1.99. The van der Waals surface area contributed by atoms with Crippen LogP contribution in [0.4, 0.5) is 0 Å². The van der Waals surface area contributed by atoms with Crippen molar-refractivity contribution in [2.75, 3.05) is 0 Å². The summed E-state index contributed by atoms with van der Waals surface area (Å²) in [5, 5.41) is 0. The molecule has 0 saturated carbocycles. The molecule has 2 heteroatoms. The van der Waals surface area contributed by atoms with Gasteiger partial charge < -0.3 is 4.98 Å². The topological polar surface area (TPSA) is 28.7 Å². The van der Waals surface area contributed by atoms with Gasteiger partial charge in [0.25, 0.3) is 0 Å². The Morgan fingerprint density at radius 2 is 2.06 bits per heavy atom. The quantitative estimate of drug-likeness (QED) is 0.847. The molecule has 1 aliphatic carbocycles. The molecule has 0 saturated heterocycles. The number of hydrogen-bond acceptors (Lipinski definition) is 1. The molecular formula is C15H14N2. The molecule has 0 fully saturated rings. The van der Waals surface area contributed by atoms with Gasteiger partial charge in [0.05, 0.1) is 6.33 Å². The number of hydrogen-bond donors (Lipinski definition) is 1. The number of rotatable bonds is 3. The summed E-state index contributed by atoms with van der Waals surface area (Å²) in [4.78, 5) is 7.19. The Bertz CT molecular complexity index is 548. The highest BCUT2D eigenvalue weighted by atomic mass is 14.9. The van der Waals surface area contributed by atoms with Crippen LogP contribution in [0.3, 0.4) is 0 Å². The summed E-state index contributed by atoms with van der Waals surface area (Å²) in [5.41, 5.74) is 5.25. The number of benzene rings is 1. The van der Waals surface area contributed by atoms with E-state index in [0.29, 0.717) is 0 Å². The number of nitrogens with one attached hydrogen (secondary N) is 1. The van der Waals surface area contributed by atoms with Crippen LogP contribution in [0.15, 0.2) is 60.6 Å². The van der Waals surface area contributed by atoms with Crippen LogP contribution in [-0.2, 0) is 6.42 Å². The molecule has 17 heavy (non-hydrogen) atoms. The summed E-state index contributed by atoms with van der Waals surface area (Å²) in [6, 6.07) is 10.5. The van der Waals surface area contributed by atoms with Gasteiger partial charge in [-0.05, 0) is 17.6 Å². The highest BCUT2D eigenvalue weighted by molar-refractivity contribution is 5.77. The Labute approximate surface area is 101 Å². The molecule has 84 valence electrons. The van der Waals surface area contributed by atoms with E-state index in [1.54, 1.807) is 6.33 Å². The zero-order chi connectivity index (χ0) is 11.5. The molecule has 2 nitrogen and oxygen atoms in total. The SMILES string of the molecule is C1=C(Cc2cnc[nH]2)CC=C1c1ccccc1. The van der Waals surface area contributed by atoms with Crippen molar-refractivity contribution >= 4 is 5.57 Å². The summed E-state index contributed by atoms with van der Waals surface area (Å²) in [5.74, 6) is 0. The maximum Gasteiger partial charge on any atom is 0.0921 e. The van der Waals surface area contributed by atoms with Crippen molar-refractivity contribution in [1.29, 1.82) is 0 Å². The maximum atomic E-state index is 4.04. The molecule has 1 heterocycles.